The molecule has 194 valence electrons. The molecule has 1 fully saturated rings. The van der Waals surface area contributed by atoms with E-state index in [2.05, 4.69) is 63.1 Å². The Hall–Kier alpha value is -4.48. The lowest BCUT2D eigenvalue weighted by atomic mass is 9.93. The molecule has 8 heteroatoms. The number of nitrogens with zero attached hydrogens (tertiary/aromatic N) is 1. The fourth-order valence-electron chi connectivity index (χ4n) is 5.30. The molecule has 0 bridgehead atoms. The van der Waals surface area contributed by atoms with Crippen molar-refractivity contribution in [1.29, 1.82) is 0 Å². The van der Waals surface area contributed by atoms with E-state index >= 15 is 0 Å². The molecule has 3 amide bonds. The van der Waals surface area contributed by atoms with Gasteiger partial charge in [-0.15, -0.1) is 11.3 Å². The van der Waals surface area contributed by atoms with E-state index in [-0.39, 0.29) is 19.0 Å². The molecule has 3 N–H and O–H groups in total. The summed E-state index contributed by atoms with van der Waals surface area (Å²) in [7, 11) is 0. The first-order chi connectivity index (χ1) is 19.0. The first-order valence-corrected chi connectivity index (χ1v) is 13.8. The molecule has 0 saturated heterocycles. The van der Waals surface area contributed by atoms with E-state index < -0.39 is 17.4 Å². The van der Waals surface area contributed by atoms with Crippen molar-refractivity contribution >= 4 is 39.8 Å². The van der Waals surface area contributed by atoms with E-state index in [1.54, 1.807) is 24.4 Å². The molecule has 0 atom stereocenters. The first-order valence-electron chi connectivity index (χ1n) is 12.9. The number of nitrogens with one attached hydrogen (secondary N) is 3. The van der Waals surface area contributed by atoms with Gasteiger partial charge in [-0.2, -0.15) is 0 Å². The third-order valence-corrected chi connectivity index (χ3v) is 8.06. The summed E-state index contributed by atoms with van der Waals surface area (Å²) >= 11 is 1.40. The Balaban J connectivity index is 1.11. The molecule has 1 aromatic heterocycles. The Morgan fingerprint density at radius 3 is 2.51 bits per heavy atom. The van der Waals surface area contributed by atoms with Crippen molar-refractivity contribution < 1.29 is 14.4 Å². The highest BCUT2D eigenvalue weighted by molar-refractivity contribution is 7.10. The van der Waals surface area contributed by atoms with Gasteiger partial charge in [0.25, 0.3) is 5.91 Å². The van der Waals surface area contributed by atoms with Gasteiger partial charge in [0.15, 0.2) is 5.01 Å². The van der Waals surface area contributed by atoms with Crippen LogP contribution in [0.1, 0.15) is 50.5 Å². The van der Waals surface area contributed by atoms with Gasteiger partial charge in [0.1, 0.15) is 0 Å². The topological polar surface area (TPSA) is 100 Å². The van der Waals surface area contributed by atoms with Crippen LogP contribution in [-0.2, 0) is 34.5 Å². The maximum absolute atomic E-state index is 13.5. The van der Waals surface area contributed by atoms with Crippen molar-refractivity contribution in [1.82, 2.24) is 20.9 Å². The minimum atomic E-state index is -0.784. The number of hydrogen-bond donors (Lipinski definition) is 3. The molecular weight excluding hydrogens is 508 g/mol. The predicted molar refractivity (Wildman–Crippen MR) is 150 cm³/mol. The van der Waals surface area contributed by atoms with Crippen LogP contribution >= 0.6 is 11.3 Å². The third kappa shape index (κ3) is 5.01. The Kier molecular flexibility index (Phi) is 6.59. The van der Waals surface area contributed by atoms with Gasteiger partial charge in [-0.05, 0) is 70.7 Å². The summed E-state index contributed by atoms with van der Waals surface area (Å²) in [5.41, 5.74) is 4.64. The average molecular weight is 535 g/mol. The SMILES string of the molecule is O=C(NCC#Cc1nccs1)C(=O)NCc1ccccc1C(=O)NC1(c2ccc3c4c(cccc24)CC3)CC1. The van der Waals surface area contributed by atoms with Gasteiger partial charge >= 0.3 is 11.8 Å². The lowest BCUT2D eigenvalue weighted by Crippen LogP contribution is -2.40. The first kappa shape index (κ1) is 24.8. The number of thiazole rings is 1. The molecule has 1 heterocycles. The molecular formula is C31H26N4O3S. The molecule has 6 rings (SSSR count). The molecule has 0 radical (unpaired) electrons. The Labute approximate surface area is 230 Å². The van der Waals surface area contributed by atoms with Crippen molar-refractivity contribution in [2.45, 2.75) is 37.8 Å². The van der Waals surface area contributed by atoms with Crippen molar-refractivity contribution in [3.05, 3.63) is 99.0 Å². The van der Waals surface area contributed by atoms with Crippen molar-refractivity contribution in [2.24, 2.45) is 0 Å². The van der Waals surface area contributed by atoms with E-state index in [0.29, 0.717) is 16.1 Å². The maximum atomic E-state index is 13.5. The van der Waals surface area contributed by atoms with Crippen LogP contribution in [0.25, 0.3) is 10.8 Å². The fourth-order valence-corrected chi connectivity index (χ4v) is 5.80. The number of amides is 3. The summed E-state index contributed by atoms with van der Waals surface area (Å²) in [5, 5.41) is 13.4. The van der Waals surface area contributed by atoms with Crippen LogP contribution < -0.4 is 16.0 Å². The van der Waals surface area contributed by atoms with Gasteiger partial charge in [-0.3, -0.25) is 14.4 Å². The van der Waals surface area contributed by atoms with E-state index in [1.807, 2.05) is 11.4 Å². The quantitative estimate of drug-likeness (QED) is 0.260. The van der Waals surface area contributed by atoms with Crippen LogP contribution in [0.3, 0.4) is 0 Å². The Morgan fingerprint density at radius 1 is 0.923 bits per heavy atom. The number of aromatic nitrogens is 1. The maximum Gasteiger partial charge on any atom is 0.310 e. The molecule has 1 saturated carbocycles. The smallest absolute Gasteiger partial charge is 0.310 e. The van der Waals surface area contributed by atoms with Gasteiger partial charge < -0.3 is 16.0 Å². The van der Waals surface area contributed by atoms with Gasteiger partial charge in [0.2, 0.25) is 0 Å². The summed E-state index contributed by atoms with van der Waals surface area (Å²) < 4.78 is 0. The minimum Gasteiger partial charge on any atom is -0.344 e. The summed E-state index contributed by atoms with van der Waals surface area (Å²) in [6, 6.07) is 18.0. The molecule has 0 unspecified atom stereocenters. The predicted octanol–water partition coefficient (Wildman–Crippen LogP) is 3.60. The van der Waals surface area contributed by atoms with E-state index in [1.165, 1.54) is 38.8 Å². The molecule has 4 aromatic rings. The normalized spacial score (nSPS) is 14.3. The number of carbonyl (C=O) groups is 3. The average Bonchev–Trinajstić information content (AvgIpc) is 3.33. The van der Waals surface area contributed by atoms with Crippen LogP contribution in [0.5, 0.6) is 0 Å². The largest absolute Gasteiger partial charge is 0.344 e. The van der Waals surface area contributed by atoms with Crippen molar-refractivity contribution in [3.8, 4) is 11.8 Å². The zero-order chi connectivity index (χ0) is 26.8. The van der Waals surface area contributed by atoms with Crippen molar-refractivity contribution in [3.63, 3.8) is 0 Å². The van der Waals surface area contributed by atoms with E-state index in [4.69, 9.17) is 0 Å². The number of hydrogen-bond acceptors (Lipinski definition) is 5. The Bertz CT molecular complexity index is 1650. The Morgan fingerprint density at radius 2 is 1.72 bits per heavy atom. The second-order valence-electron chi connectivity index (χ2n) is 9.81. The van der Waals surface area contributed by atoms with Gasteiger partial charge in [-0.1, -0.05) is 54.5 Å². The molecule has 3 aromatic carbocycles. The van der Waals surface area contributed by atoms with Gasteiger partial charge in [0, 0.05) is 23.7 Å². The van der Waals surface area contributed by atoms with Crippen LogP contribution in [0.15, 0.2) is 66.2 Å². The highest BCUT2D eigenvalue weighted by Crippen LogP contribution is 2.49. The van der Waals surface area contributed by atoms with Crippen molar-refractivity contribution in [2.75, 3.05) is 6.54 Å². The molecule has 0 aliphatic heterocycles. The molecule has 2 aliphatic rings. The summed E-state index contributed by atoms with van der Waals surface area (Å²) in [6.07, 6.45) is 5.53. The number of carbonyl (C=O) groups excluding carboxylic acids is 3. The number of rotatable bonds is 6. The van der Waals surface area contributed by atoms with Crippen LogP contribution in [0.4, 0.5) is 0 Å². The minimum absolute atomic E-state index is 0.0318. The zero-order valence-electron chi connectivity index (χ0n) is 21.2. The zero-order valence-corrected chi connectivity index (χ0v) is 22.0. The lowest BCUT2D eigenvalue weighted by Gasteiger charge is -2.22. The molecule has 7 nitrogen and oxygen atoms in total. The number of aryl methyl sites for hydroxylation is 2. The molecule has 2 aliphatic carbocycles. The fraction of sp³-hybridized carbons (Fsp3) is 0.226. The van der Waals surface area contributed by atoms with Crippen LogP contribution in [-0.4, -0.2) is 29.3 Å². The second-order valence-corrected chi connectivity index (χ2v) is 10.7. The summed E-state index contributed by atoms with van der Waals surface area (Å²) in [4.78, 5) is 42.1. The molecule has 39 heavy (non-hydrogen) atoms. The highest BCUT2D eigenvalue weighted by Gasteiger charge is 2.47. The highest BCUT2D eigenvalue weighted by atomic mass is 32.1. The van der Waals surface area contributed by atoms with Crippen LogP contribution in [0, 0.1) is 11.8 Å². The third-order valence-electron chi connectivity index (χ3n) is 7.37. The monoisotopic (exact) mass is 534 g/mol. The number of benzene rings is 3. The van der Waals surface area contributed by atoms with Crippen LogP contribution in [0.2, 0.25) is 0 Å². The second kappa shape index (κ2) is 10.4. The molecule has 0 spiro atoms. The van der Waals surface area contributed by atoms with Gasteiger partial charge in [0.05, 0.1) is 12.1 Å². The van der Waals surface area contributed by atoms with Gasteiger partial charge in [-0.25, -0.2) is 4.98 Å². The van der Waals surface area contributed by atoms with E-state index in [9.17, 15) is 14.4 Å². The lowest BCUT2D eigenvalue weighted by molar-refractivity contribution is -0.139. The summed E-state index contributed by atoms with van der Waals surface area (Å²) in [5.74, 6) is 3.82. The summed E-state index contributed by atoms with van der Waals surface area (Å²) in [6.45, 7) is 0.0820. The van der Waals surface area contributed by atoms with E-state index in [0.717, 1.165) is 25.7 Å². The standard InChI is InChI=1S/C31H26N4O3S/c36-28(35-31(14-15-31)25-13-12-21-11-10-20-6-3-8-24(25)27(20)21)23-7-2-1-5-22(23)19-34-30(38)29(37)33-16-4-9-26-32-17-18-39-26/h1-3,5-8,12-13,17-18H,10-11,14-16,19H2,(H,33,37)(H,34,38)(H,35,36).